The summed E-state index contributed by atoms with van der Waals surface area (Å²) in [6.45, 7) is 4.97. The topological polar surface area (TPSA) is 71.2 Å². The van der Waals surface area contributed by atoms with E-state index in [1.54, 1.807) is 0 Å². The van der Waals surface area contributed by atoms with Gasteiger partial charge < -0.3 is 10.0 Å². The Balaban J connectivity index is 2.16. The Morgan fingerprint density at radius 1 is 1.39 bits per heavy atom. The van der Waals surface area contributed by atoms with E-state index in [1.807, 2.05) is 4.57 Å². The predicted octanol–water partition coefficient (Wildman–Crippen LogP) is 1.46. The van der Waals surface area contributed by atoms with Gasteiger partial charge in [0.05, 0.1) is 5.75 Å². The number of rotatable bonds is 6. The lowest BCUT2D eigenvalue weighted by Gasteiger charge is -2.17. The zero-order valence-corrected chi connectivity index (χ0v) is 11.3. The predicted molar refractivity (Wildman–Crippen MR) is 70.1 cm³/mol. The molecule has 2 rings (SSSR count). The van der Waals surface area contributed by atoms with Gasteiger partial charge in [-0.1, -0.05) is 18.7 Å². The Bertz CT molecular complexity index is 415. The van der Waals surface area contributed by atoms with Crippen molar-refractivity contribution in [3.8, 4) is 0 Å². The van der Waals surface area contributed by atoms with Gasteiger partial charge in [0.15, 0.2) is 5.16 Å². The van der Waals surface area contributed by atoms with E-state index in [0.717, 1.165) is 32.0 Å². The van der Waals surface area contributed by atoms with Crippen molar-refractivity contribution in [2.75, 3.05) is 23.7 Å². The molecule has 0 unspecified atom stereocenters. The quantitative estimate of drug-likeness (QED) is 0.789. The first-order chi connectivity index (χ1) is 8.72. The Hall–Kier alpha value is -1.24. The van der Waals surface area contributed by atoms with Gasteiger partial charge in [-0.15, -0.1) is 10.2 Å². The fourth-order valence-electron chi connectivity index (χ4n) is 2.08. The van der Waals surface area contributed by atoms with Crippen molar-refractivity contribution in [3.05, 3.63) is 0 Å². The first-order valence-corrected chi connectivity index (χ1v) is 7.23. The molecule has 1 aliphatic heterocycles. The van der Waals surface area contributed by atoms with Crippen molar-refractivity contribution in [3.63, 3.8) is 0 Å². The molecule has 0 aliphatic carbocycles. The normalized spacial score (nSPS) is 15.3. The molecular formula is C11H18N4O2S. The zero-order chi connectivity index (χ0) is 13.0. The molecule has 1 fully saturated rings. The number of thioether (sulfide) groups is 1. The summed E-state index contributed by atoms with van der Waals surface area (Å²) in [5.74, 6) is 0.0954. The number of carboxylic acids is 1. The fourth-order valence-corrected chi connectivity index (χ4v) is 2.76. The zero-order valence-electron chi connectivity index (χ0n) is 10.5. The monoisotopic (exact) mass is 270 g/mol. The van der Waals surface area contributed by atoms with Crippen molar-refractivity contribution in [2.45, 2.75) is 37.9 Å². The summed E-state index contributed by atoms with van der Waals surface area (Å²) in [6.07, 6.45) is 3.37. The minimum Gasteiger partial charge on any atom is -0.481 e. The smallest absolute Gasteiger partial charge is 0.313 e. The van der Waals surface area contributed by atoms with Crippen LogP contribution in [0.2, 0.25) is 0 Å². The van der Waals surface area contributed by atoms with E-state index in [4.69, 9.17) is 5.11 Å². The van der Waals surface area contributed by atoms with Crippen LogP contribution < -0.4 is 4.90 Å². The summed E-state index contributed by atoms with van der Waals surface area (Å²) in [7, 11) is 0. The summed E-state index contributed by atoms with van der Waals surface area (Å²) in [5, 5.41) is 17.8. The molecule has 0 amide bonds. The van der Waals surface area contributed by atoms with Gasteiger partial charge in [0.1, 0.15) is 0 Å². The van der Waals surface area contributed by atoms with E-state index in [0.29, 0.717) is 5.16 Å². The second-order valence-electron chi connectivity index (χ2n) is 4.31. The van der Waals surface area contributed by atoms with Gasteiger partial charge in [0.2, 0.25) is 5.95 Å². The average Bonchev–Trinajstić information content (AvgIpc) is 2.95. The van der Waals surface area contributed by atoms with Crippen LogP contribution in [0.4, 0.5) is 5.95 Å². The van der Waals surface area contributed by atoms with Crippen molar-refractivity contribution in [1.82, 2.24) is 14.8 Å². The lowest BCUT2D eigenvalue weighted by Crippen LogP contribution is -2.22. The molecule has 1 saturated heterocycles. The highest BCUT2D eigenvalue weighted by Crippen LogP contribution is 2.24. The third-order valence-corrected chi connectivity index (χ3v) is 3.81. The van der Waals surface area contributed by atoms with Gasteiger partial charge in [-0.3, -0.25) is 9.36 Å². The number of carbonyl (C=O) groups is 1. The number of anilines is 1. The third kappa shape index (κ3) is 2.95. The van der Waals surface area contributed by atoms with Crippen LogP contribution in [0, 0.1) is 0 Å². The summed E-state index contributed by atoms with van der Waals surface area (Å²) < 4.78 is 2.04. The van der Waals surface area contributed by atoms with Crippen molar-refractivity contribution in [2.24, 2.45) is 0 Å². The molecule has 0 spiro atoms. The van der Waals surface area contributed by atoms with Crippen molar-refractivity contribution in [1.29, 1.82) is 0 Å². The van der Waals surface area contributed by atoms with Gasteiger partial charge in [0.25, 0.3) is 0 Å². The molecule has 1 aromatic rings. The number of carboxylic acid groups (broad SMARTS) is 1. The summed E-state index contributed by atoms with van der Waals surface area (Å²) in [6, 6.07) is 0. The number of aliphatic carboxylic acids is 1. The highest BCUT2D eigenvalue weighted by Gasteiger charge is 2.21. The maximum absolute atomic E-state index is 10.6. The molecule has 100 valence electrons. The molecule has 0 radical (unpaired) electrons. The van der Waals surface area contributed by atoms with E-state index in [-0.39, 0.29) is 5.75 Å². The Morgan fingerprint density at radius 2 is 2.11 bits per heavy atom. The van der Waals surface area contributed by atoms with Crippen molar-refractivity contribution >= 4 is 23.7 Å². The van der Waals surface area contributed by atoms with Crippen LogP contribution in [-0.2, 0) is 11.3 Å². The first kappa shape index (κ1) is 13.2. The minimum atomic E-state index is -0.825. The van der Waals surface area contributed by atoms with Crippen LogP contribution >= 0.6 is 11.8 Å². The highest BCUT2D eigenvalue weighted by atomic mass is 32.2. The van der Waals surface area contributed by atoms with Crippen LogP contribution in [-0.4, -0.2) is 44.7 Å². The number of hydrogen-bond acceptors (Lipinski definition) is 5. The van der Waals surface area contributed by atoms with Crippen LogP contribution in [0.15, 0.2) is 5.16 Å². The van der Waals surface area contributed by atoms with Crippen molar-refractivity contribution < 1.29 is 9.90 Å². The van der Waals surface area contributed by atoms with Gasteiger partial charge >= 0.3 is 5.97 Å². The average molecular weight is 270 g/mol. The van der Waals surface area contributed by atoms with Gasteiger partial charge in [-0.25, -0.2) is 0 Å². The largest absolute Gasteiger partial charge is 0.481 e. The molecule has 18 heavy (non-hydrogen) atoms. The molecule has 6 nitrogen and oxygen atoms in total. The molecule has 1 aromatic heterocycles. The Labute approximate surface area is 110 Å². The standard InChI is InChI=1S/C11H18N4O2S/c1-2-5-15-10(14-6-3-4-7-14)12-13-11(15)18-8-9(16)17/h2-8H2,1H3,(H,16,17). The molecule has 2 heterocycles. The minimum absolute atomic E-state index is 0.0296. The SMILES string of the molecule is CCCn1c(SCC(=O)O)nnc1N1CCCC1. The lowest BCUT2D eigenvalue weighted by atomic mass is 10.4. The van der Waals surface area contributed by atoms with E-state index in [9.17, 15) is 4.79 Å². The third-order valence-electron chi connectivity index (χ3n) is 2.86. The van der Waals surface area contributed by atoms with E-state index >= 15 is 0 Å². The number of hydrogen-bond donors (Lipinski definition) is 1. The molecule has 7 heteroatoms. The molecule has 0 saturated carbocycles. The van der Waals surface area contributed by atoms with Crippen LogP contribution in [0.5, 0.6) is 0 Å². The van der Waals surface area contributed by atoms with Gasteiger partial charge in [-0.2, -0.15) is 0 Å². The maximum atomic E-state index is 10.6. The highest BCUT2D eigenvalue weighted by molar-refractivity contribution is 7.99. The molecule has 1 aliphatic rings. The Kier molecular flexibility index (Phi) is 4.46. The maximum Gasteiger partial charge on any atom is 0.313 e. The first-order valence-electron chi connectivity index (χ1n) is 6.25. The van der Waals surface area contributed by atoms with Crippen LogP contribution in [0.25, 0.3) is 0 Å². The summed E-state index contributed by atoms with van der Waals surface area (Å²) >= 11 is 1.24. The van der Waals surface area contributed by atoms with Crippen LogP contribution in [0.1, 0.15) is 26.2 Å². The molecule has 0 aromatic carbocycles. The second-order valence-corrected chi connectivity index (χ2v) is 5.25. The summed E-state index contributed by atoms with van der Waals surface area (Å²) in [4.78, 5) is 12.8. The molecule has 0 atom stereocenters. The number of aromatic nitrogens is 3. The fraction of sp³-hybridized carbons (Fsp3) is 0.727. The summed E-state index contributed by atoms with van der Waals surface area (Å²) in [5.41, 5.74) is 0. The Morgan fingerprint density at radius 3 is 2.72 bits per heavy atom. The van der Waals surface area contributed by atoms with E-state index in [2.05, 4.69) is 22.0 Å². The van der Waals surface area contributed by atoms with E-state index in [1.165, 1.54) is 24.6 Å². The van der Waals surface area contributed by atoms with Gasteiger partial charge in [-0.05, 0) is 19.3 Å². The second kappa shape index (κ2) is 6.08. The van der Waals surface area contributed by atoms with Gasteiger partial charge in [0, 0.05) is 19.6 Å². The van der Waals surface area contributed by atoms with Crippen LogP contribution in [0.3, 0.4) is 0 Å². The van der Waals surface area contributed by atoms with E-state index < -0.39 is 5.97 Å². The molecule has 1 N–H and O–H groups in total. The molecule has 0 bridgehead atoms. The molecular weight excluding hydrogens is 252 g/mol. The number of nitrogens with zero attached hydrogens (tertiary/aromatic N) is 4. The lowest BCUT2D eigenvalue weighted by molar-refractivity contribution is -0.133.